The van der Waals surface area contributed by atoms with Gasteiger partial charge >= 0.3 is 0 Å². The van der Waals surface area contributed by atoms with Gasteiger partial charge in [0.05, 0.1) is 5.75 Å². The van der Waals surface area contributed by atoms with E-state index in [9.17, 15) is 8.42 Å². The molecule has 13 heavy (non-hydrogen) atoms. The van der Waals surface area contributed by atoms with Gasteiger partial charge in [0.1, 0.15) is 9.84 Å². The summed E-state index contributed by atoms with van der Waals surface area (Å²) >= 11 is 0. The number of sulfone groups is 1. The summed E-state index contributed by atoms with van der Waals surface area (Å²) in [4.78, 5) is 0. The normalized spacial score (nSPS) is 14.0. The first-order valence-electron chi connectivity index (χ1n) is 3.97. The first-order chi connectivity index (χ1) is 5.99. The summed E-state index contributed by atoms with van der Waals surface area (Å²) in [5.41, 5.74) is 6.56. The minimum atomic E-state index is -3.00. The Balaban J connectivity index is 2.76. The molecule has 1 aromatic carbocycles. The third-order valence-corrected chi connectivity index (χ3v) is 2.67. The topological polar surface area (TPSA) is 60.2 Å². The van der Waals surface area contributed by atoms with E-state index in [1.807, 2.05) is 30.3 Å². The van der Waals surface area contributed by atoms with Crippen molar-refractivity contribution < 1.29 is 8.42 Å². The molecule has 1 aromatic rings. The minimum Gasteiger partial charge on any atom is -0.323 e. The third-order valence-electron chi connectivity index (χ3n) is 1.71. The maximum Gasteiger partial charge on any atom is 0.149 e. The van der Waals surface area contributed by atoms with Crippen LogP contribution in [0.3, 0.4) is 0 Å². The molecule has 0 aliphatic rings. The van der Waals surface area contributed by atoms with Crippen LogP contribution >= 0.6 is 0 Å². The summed E-state index contributed by atoms with van der Waals surface area (Å²) in [5, 5.41) is 0. The van der Waals surface area contributed by atoms with Gasteiger partial charge in [0.25, 0.3) is 0 Å². The Bertz CT molecular complexity index is 358. The van der Waals surface area contributed by atoms with E-state index in [-0.39, 0.29) is 5.75 Å². The van der Waals surface area contributed by atoms with Gasteiger partial charge in [-0.05, 0) is 5.56 Å². The first kappa shape index (κ1) is 10.2. The van der Waals surface area contributed by atoms with Crippen molar-refractivity contribution in [2.45, 2.75) is 6.04 Å². The molecule has 0 unspecified atom stereocenters. The molecule has 1 rings (SSSR count). The summed E-state index contributed by atoms with van der Waals surface area (Å²) in [6.07, 6.45) is 1.19. The molecule has 0 heterocycles. The van der Waals surface area contributed by atoms with Crippen LogP contribution in [-0.4, -0.2) is 20.4 Å². The molecular formula is C9H13NO2S. The fourth-order valence-electron chi connectivity index (χ4n) is 1.12. The predicted molar refractivity (Wildman–Crippen MR) is 53.1 cm³/mol. The van der Waals surface area contributed by atoms with Gasteiger partial charge in [-0.3, -0.25) is 0 Å². The van der Waals surface area contributed by atoms with Crippen LogP contribution in [0.5, 0.6) is 0 Å². The quantitative estimate of drug-likeness (QED) is 0.780. The van der Waals surface area contributed by atoms with Crippen molar-refractivity contribution in [3.8, 4) is 0 Å². The highest BCUT2D eigenvalue weighted by atomic mass is 32.2. The van der Waals surface area contributed by atoms with E-state index in [1.54, 1.807) is 0 Å². The van der Waals surface area contributed by atoms with Gasteiger partial charge in [0.2, 0.25) is 0 Å². The van der Waals surface area contributed by atoms with Crippen LogP contribution < -0.4 is 5.73 Å². The second-order valence-corrected chi connectivity index (χ2v) is 5.29. The van der Waals surface area contributed by atoms with Crippen LogP contribution in [0.2, 0.25) is 0 Å². The van der Waals surface area contributed by atoms with Crippen molar-refractivity contribution >= 4 is 9.84 Å². The highest BCUT2D eigenvalue weighted by Crippen LogP contribution is 2.10. The number of hydrogen-bond donors (Lipinski definition) is 1. The highest BCUT2D eigenvalue weighted by molar-refractivity contribution is 7.90. The zero-order chi connectivity index (χ0) is 9.90. The lowest BCUT2D eigenvalue weighted by atomic mass is 10.1. The molecule has 2 N–H and O–H groups in total. The zero-order valence-corrected chi connectivity index (χ0v) is 8.29. The Morgan fingerprint density at radius 2 is 1.85 bits per heavy atom. The first-order valence-corrected chi connectivity index (χ1v) is 6.03. The van der Waals surface area contributed by atoms with Crippen molar-refractivity contribution in [1.29, 1.82) is 0 Å². The lowest BCUT2D eigenvalue weighted by Gasteiger charge is -2.09. The average Bonchev–Trinajstić information content (AvgIpc) is 2.03. The van der Waals surface area contributed by atoms with E-state index < -0.39 is 15.9 Å². The van der Waals surface area contributed by atoms with E-state index in [0.29, 0.717) is 0 Å². The fraction of sp³-hybridized carbons (Fsp3) is 0.333. The SMILES string of the molecule is CS(=O)(=O)C[C@H](N)c1ccccc1. The number of rotatable bonds is 3. The van der Waals surface area contributed by atoms with Crippen molar-refractivity contribution in [3.05, 3.63) is 35.9 Å². The number of nitrogens with two attached hydrogens (primary N) is 1. The van der Waals surface area contributed by atoms with Crippen LogP contribution in [0.1, 0.15) is 11.6 Å². The Labute approximate surface area is 78.5 Å². The van der Waals surface area contributed by atoms with Gasteiger partial charge < -0.3 is 5.73 Å². The molecule has 72 valence electrons. The molecule has 0 fully saturated rings. The van der Waals surface area contributed by atoms with Crippen LogP contribution in [0, 0.1) is 0 Å². The smallest absolute Gasteiger partial charge is 0.149 e. The van der Waals surface area contributed by atoms with Crippen molar-refractivity contribution in [2.24, 2.45) is 5.73 Å². The van der Waals surface area contributed by atoms with Crippen molar-refractivity contribution in [2.75, 3.05) is 12.0 Å². The molecule has 0 saturated carbocycles. The Hall–Kier alpha value is -0.870. The van der Waals surface area contributed by atoms with Gasteiger partial charge in [-0.25, -0.2) is 8.42 Å². The Morgan fingerprint density at radius 1 is 1.31 bits per heavy atom. The second-order valence-electron chi connectivity index (χ2n) is 3.11. The second kappa shape index (κ2) is 3.89. The molecule has 4 heteroatoms. The monoisotopic (exact) mass is 199 g/mol. The summed E-state index contributed by atoms with van der Waals surface area (Å²) in [5.74, 6) is -0.00296. The van der Waals surface area contributed by atoms with Crippen LogP contribution in [-0.2, 0) is 9.84 Å². The van der Waals surface area contributed by atoms with Crippen LogP contribution in [0.15, 0.2) is 30.3 Å². The predicted octanol–water partition coefficient (Wildman–Crippen LogP) is 0.731. The maximum atomic E-state index is 10.9. The maximum absolute atomic E-state index is 10.9. The van der Waals surface area contributed by atoms with E-state index in [1.165, 1.54) is 6.26 Å². The van der Waals surface area contributed by atoms with E-state index in [2.05, 4.69) is 0 Å². The van der Waals surface area contributed by atoms with E-state index >= 15 is 0 Å². The zero-order valence-electron chi connectivity index (χ0n) is 7.47. The van der Waals surface area contributed by atoms with Gasteiger partial charge in [0.15, 0.2) is 0 Å². The standard InChI is InChI=1S/C9H13NO2S/c1-13(11,12)7-9(10)8-5-3-2-4-6-8/h2-6,9H,7,10H2,1H3/t9-/m0/s1. The van der Waals surface area contributed by atoms with Gasteiger partial charge in [0, 0.05) is 12.3 Å². The molecule has 0 aromatic heterocycles. The summed E-state index contributed by atoms with van der Waals surface area (Å²) in [6.45, 7) is 0. The lowest BCUT2D eigenvalue weighted by Crippen LogP contribution is -2.20. The molecule has 3 nitrogen and oxygen atoms in total. The van der Waals surface area contributed by atoms with Crippen LogP contribution in [0.4, 0.5) is 0 Å². The molecule has 0 amide bonds. The number of hydrogen-bond acceptors (Lipinski definition) is 3. The highest BCUT2D eigenvalue weighted by Gasteiger charge is 2.11. The van der Waals surface area contributed by atoms with Gasteiger partial charge in [-0.15, -0.1) is 0 Å². The summed E-state index contributed by atoms with van der Waals surface area (Å²) in [7, 11) is -3.00. The molecule has 0 saturated heterocycles. The molecule has 0 spiro atoms. The van der Waals surface area contributed by atoms with Crippen molar-refractivity contribution in [1.82, 2.24) is 0 Å². The molecular weight excluding hydrogens is 186 g/mol. The largest absolute Gasteiger partial charge is 0.323 e. The summed E-state index contributed by atoms with van der Waals surface area (Å²) in [6, 6.07) is 8.80. The van der Waals surface area contributed by atoms with E-state index in [4.69, 9.17) is 5.73 Å². The molecule has 0 radical (unpaired) electrons. The molecule has 1 atom stereocenters. The third kappa shape index (κ3) is 3.57. The average molecular weight is 199 g/mol. The molecule has 0 aliphatic heterocycles. The van der Waals surface area contributed by atoms with Gasteiger partial charge in [-0.1, -0.05) is 30.3 Å². The molecule has 0 bridgehead atoms. The molecule has 0 aliphatic carbocycles. The Kier molecular flexibility index (Phi) is 3.06. The Morgan fingerprint density at radius 3 is 2.31 bits per heavy atom. The fourth-order valence-corrected chi connectivity index (χ4v) is 1.97. The van der Waals surface area contributed by atoms with Crippen molar-refractivity contribution in [3.63, 3.8) is 0 Å². The van der Waals surface area contributed by atoms with Gasteiger partial charge in [-0.2, -0.15) is 0 Å². The van der Waals surface area contributed by atoms with E-state index in [0.717, 1.165) is 5.56 Å². The summed E-state index contributed by atoms with van der Waals surface area (Å²) < 4.78 is 21.9. The minimum absolute atomic E-state index is 0.00296. The van der Waals surface area contributed by atoms with Crippen LogP contribution in [0.25, 0.3) is 0 Å². The number of benzene rings is 1. The lowest BCUT2D eigenvalue weighted by molar-refractivity contribution is 0.595.